The van der Waals surface area contributed by atoms with E-state index >= 15 is 0 Å². The van der Waals surface area contributed by atoms with E-state index in [1.165, 1.54) is 70.1 Å². The third kappa shape index (κ3) is 5.52. The molecule has 2 nitrogen and oxygen atoms in total. The monoisotopic (exact) mass is 406 g/mol. The van der Waals surface area contributed by atoms with Crippen LogP contribution in [-0.2, 0) is 0 Å². The second kappa shape index (κ2) is 10.4. The molecule has 29 heavy (non-hydrogen) atoms. The molecule has 1 atom stereocenters. The fraction of sp³-hybridized carbons (Fsp3) is 0.680. The third-order valence-corrected chi connectivity index (χ3v) is 7.01. The molecule has 2 aliphatic carbocycles. The minimum absolute atomic E-state index is 0.00303. The molecule has 162 valence electrons. The van der Waals surface area contributed by atoms with Crippen LogP contribution in [0.25, 0.3) is 0 Å². The number of rotatable bonds is 8. The normalized spacial score (nSPS) is 24.9. The van der Waals surface area contributed by atoms with Crippen LogP contribution < -0.4 is 9.47 Å². The Morgan fingerprint density at radius 2 is 1.79 bits per heavy atom. The van der Waals surface area contributed by atoms with Crippen molar-refractivity contribution >= 4 is 0 Å². The molecule has 1 fully saturated rings. The summed E-state index contributed by atoms with van der Waals surface area (Å²) in [6.45, 7) is 4.32. The largest absolute Gasteiger partial charge is 0.494 e. The zero-order valence-corrected chi connectivity index (χ0v) is 18.2. The molecule has 0 bridgehead atoms. The van der Waals surface area contributed by atoms with Crippen LogP contribution in [-0.4, -0.2) is 13.7 Å². The van der Waals surface area contributed by atoms with Crippen molar-refractivity contribution in [3.05, 3.63) is 34.9 Å². The Kier molecular flexibility index (Phi) is 7.97. The minimum atomic E-state index is -0.986. The molecule has 2 aliphatic rings. The topological polar surface area (TPSA) is 18.5 Å². The molecule has 0 amide bonds. The van der Waals surface area contributed by atoms with Gasteiger partial charge in [-0.05, 0) is 74.0 Å². The van der Waals surface area contributed by atoms with Gasteiger partial charge in [0.2, 0.25) is 11.6 Å². The molecule has 1 aromatic rings. The van der Waals surface area contributed by atoms with Crippen LogP contribution >= 0.6 is 0 Å². The average Bonchev–Trinajstić information content (AvgIpc) is 2.75. The van der Waals surface area contributed by atoms with Gasteiger partial charge >= 0.3 is 0 Å². The SMILES string of the molecule is CCCCC1CCC(C2CC=C(COc3c(C)cc(OC)c(F)c3F)CC2)CC1. The summed E-state index contributed by atoms with van der Waals surface area (Å²) in [5.74, 6) is 0.562. The molecule has 0 aromatic heterocycles. The molecule has 1 aromatic carbocycles. The second-order valence-corrected chi connectivity index (χ2v) is 8.96. The highest BCUT2D eigenvalue weighted by atomic mass is 19.2. The summed E-state index contributed by atoms with van der Waals surface area (Å²) in [7, 11) is 1.33. The highest BCUT2D eigenvalue weighted by Crippen LogP contribution is 2.41. The molecule has 4 heteroatoms. The number of aryl methyl sites for hydroxylation is 1. The van der Waals surface area contributed by atoms with Gasteiger partial charge in [-0.25, -0.2) is 0 Å². The van der Waals surface area contributed by atoms with Crippen molar-refractivity contribution in [1.82, 2.24) is 0 Å². The van der Waals surface area contributed by atoms with Crippen LogP contribution in [0.4, 0.5) is 8.78 Å². The lowest BCUT2D eigenvalue weighted by Crippen LogP contribution is -2.24. The standard InChI is InChI=1S/C25H36F2O2/c1-4-5-6-18-7-11-20(12-8-18)21-13-9-19(10-14-21)16-29-25-17(2)15-22(28-3)23(26)24(25)27/h9,15,18,20-21H,4-8,10-14,16H2,1-3H3. The van der Waals surface area contributed by atoms with Gasteiger partial charge in [0.1, 0.15) is 6.61 Å². The van der Waals surface area contributed by atoms with Crippen LogP contribution in [0.3, 0.4) is 0 Å². The van der Waals surface area contributed by atoms with Crippen molar-refractivity contribution < 1.29 is 18.3 Å². The zero-order valence-electron chi connectivity index (χ0n) is 18.2. The van der Waals surface area contributed by atoms with E-state index in [-0.39, 0.29) is 11.5 Å². The first kappa shape index (κ1) is 22.1. The van der Waals surface area contributed by atoms with E-state index < -0.39 is 11.6 Å². The fourth-order valence-electron chi connectivity index (χ4n) is 5.11. The maximum atomic E-state index is 14.3. The van der Waals surface area contributed by atoms with E-state index in [0.29, 0.717) is 12.2 Å². The van der Waals surface area contributed by atoms with E-state index in [4.69, 9.17) is 9.47 Å². The highest BCUT2D eigenvalue weighted by molar-refractivity contribution is 5.42. The van der Waals surface area contributed by atoms with Crippen LogP contribution in [0, 0.1) is 36.3 Å². The van der Waals surface area contributed by atoms with E-state index in [9.17, 15) is 8.78 Å². The number of allylic oxidation sites excluding steroid dienone is 1. The Morgan fingerprint density at radius 1 is 1.03 bits per heavy atom. The Hall–Kier alpha value is -1.58. The molecule has 0 N–H and O–H groups in total. The summed E-state index contributed by atoms with van der Waals surface area (Å²) >= 11 is 0. The van der Waals surface area contributed by atoms with Crippen molar-refractivity contribution in [2.45, 2.75) is 78.1 Å². The van der Waals surface area contributed by atoms with Crippen molar-refractivity contribution in [1.29, 1.82) is 0 Å². The lowest BCUT2D eigenvalue weighted by molar-refractivity contribution is 0.183. The van der Waals surface area contributed by atoms with Gasteiger partial charge in [0, 0.05) is 0 Å². The number of hydrogen-bond acceptors (Lipinski definition) is 2. The maximum Gasteiger partial charge on any atom is 0.204 e. The smallest absolute Gasteiger partial charge is 0.204 e. The molecule has 0 heterocycles. The Labute approximate surface area is 174 Å². The number of hydrogen-bond donors (Lipinski definition) is 0. The molecular formula is C25H36F2O2. The van der Waals surface area contributed by atoms with Crippen LogP contribution in [0.1, 0.15) is 76.7 Å². The Bertz CT molecular complexity index is 705. The van der Waals surface area contributed by atoms with Gasteiger partial charge < -0.3 is 9.47 Å². The minimum Gasteiger partial charge on any atom is -0.494 e. The summed E-state index contributed by atoms with van der Waals surface area (Å²) in [6, 6.07) is 1.48. The molecule has 0 radical (unpaired) electrons. The summed E-state index contributed by atoms with van der Waals surface area (Å²) in [5.41, 5.74) is 1.75. The van der Waals surface area contributed by atoms with E-state index in [1.807, 2.05) is 0 Å². The van der Waals surface area contributed by atoms with Crippen molar-refractivity contribution in [3.63, 3.8) is 0 Å². The highest BCUT2D eigenvalue weighted by Gasteiger charge is 2.28. The van der Waals surface area contributed by atoms with Crippen LogP contribution in [0.5, 0.6) is 11.5 Å². The summed E-state index contributed by atoms with van der Waals surface area (Å²) < 4.78 is 38.8. The quantitative estimate of drug-likeness (QED) is 0.419. The number of unbranched alkanes of at least 4 members (excludes halogenated alkanes) is 1. The number of methoxy groups -OCH3 is 1. The van der Waals surface area contributed by atoms with Gasteiger partial charge in [-0.3, -0.25) is 0 Å². The van der Waals surface area contributed by atoms with Gasteiger partial charge in [0.25, 0.3) is 0 Å². The van der Waals surface area contributed by atoms with Crippen molar-refractivity contribution in [3.8, 4) is 11.5 Å². The van der Waals surface area contributed by atoms with E-state index in [2.05, 4.69) is 13.0 Å². The summed E-state index contributed by atoms with van der Waals surface area (Å²) in [5, 5.41) is 0. The predicted molar refractivity (Wildman–Crippen MR) is 114 cm³/mol. The molecule has 3 rings (SSSR count). The van der Waals surface area contributed by atoms with Crippen LogP contribution in [0.2, 0.25) is 0 Å². The fourth-order valence-corrected chi connectivity index (χ4v) is 5.11. The Morgan fingerprint density at radius 3 is 2.41 bits per heavy atom. The molecule has 0 spiro atoms. The number of halogens is 2. The zero-order chi connectivity index (χ0) is 20.8. The van der Waals surface area contributed by atoms with Gasteiger partial charge in [-0.15, -0.1) is 0 Å². The molecule has 1 saturated carbocycles. The molecule has 0 saturated heterocycles. The average molecular weight is 407 g/mol. The van der Waals surface area contributed by atoms with Gasteiger partial charge in [-0.2, -0.15) is 8.78 Å². The summed E-state index contributed by atoms with van der Waals surface area (Å²) in [6.07, 6.45) is 15.3. The Balaban J connectivity index is 1.49. The first-order valence-electron chi connectivity index (χ1n) is 11.4. The maximum absolute atomic E-state index is 14.3. The third-order valence-electron chi connectivity index (χ3n) is 7.01. The summed E-state index contributed by atoms with van der Waals surface area (Å²) in [4.78, 5) is 0. The second-order valence-electron chi connectivity index (χ2n) is 8.96. The van der Waals surface area contributed by atoms with Crippen LogP contribution in [0.15, 0.2) is 17.7 Å². The van der Waals surface area contributed by atoms with E-state index in [1.54, 1.807) is 6.92 Å². The van der Waals surface area contributed by atoms with Crippen molar-refractivity contribution in [2.75, 3.05) is 13.7 Å². The first-order chi connectivity index (χ1) is 14.0. The molecular weight excluding hydrogens is 370 g/mol. The first-order valence-corrected chi connectivity index (χ1v) is 11.4. The molecule has 1 unspecified atom stereocenters. The van der Waals surface area contributed by atoms with E-state index in [0.717, 1.165) is 30.6 Å². The predicted octanol–water partition coefficient (Wildman–Crippen LogP) is 7.38. The van der Waals surface area contributed by atoms with Gasteiger partial charge in [0.15, 0.2) is 11.5 Å². The van der Waals surface area contributed by atoms with Gasteiger partial charge in [-0.1, -0.05) is 45.1 Å². The lowest BCUT2D eigenvalue weighted by Gasteiger charge is -2.35. The van der Waals surface area contributed by atoms with Gasteiger partial charge in [0.05, 0.1) is 7.11 Å². The molecule has 0 aliphatic heterocycles. The van der Waals surface area contributed by atoms with Crippen molar-refractivity contribution in [2.24, 2.45) is 17.8 Å². The number of benzene rings is 1. The number of ether oxygens (including phenoxy) is 2. The lowest BCUT2D eigenvalue weighted by atomic mass is 9.71.